The van der Waals surface area contributed by atoms with Gasteiger partial charge in [0.1, 0.15) is 6.33 Å². The number of likely N-dealkylation sites (N-methyl/N-ethyl adjacent to an activating group) is 1. The Morgan fingerprint density at radius 3 is 3.06 bits per heavy atom. The van der Waals surface area contributed by atoms with Gasteiger partial charge in [-0.1, -0.05) is 6.92 Å². The highest BCUT2D eigenvalue weighted by molar-refractivity contribution is 4.73. The summed E-state index contributed by atoms with van der Waals surface area (Å²) in [5.41, 5.74) is -0.0859. The molecule has 0 bridgehead atoms. The van der Waals surface area contributed by atoms with Crippen LogP contribution in [0, 0.1) is 0 Å². The van der Waals surface area contributed by atoms with Crippen LogP contribution in [-0.4, -0.2) is 51.6 Å². The highest BCUT2D eigenvalue weighted by Crippen LogP contribution is 2.05. The van der Waals surface area contributed by atoms with Crippen LogP contribution in [0.5, 0.6) is 0 Å². The predicted octanol–water partition coefficient (Wildman–Crippen LogP) is -0.697. The Kier molecular flexibility index (Phi) is 3.40. The zero-order valence-electron chi connectivity index (χ0n) is 9.80. The molecule has 1 aliphatic rings. The monoisotopic (exact) mass is 226 g/mol. The fourth-order valence-electron chi connectivity index (χ4n) is 1.92. The maximum absolute atomic E-state index is 11.6. The Bertz CT molecular complexity index is 398. The summed E-state index contributed by atoms with van der Waals surface area (Å²) in [4.78, 5) is 13.9. The van der Waals surface area contributed by atoms with Crippen LogP contribution < -0.4 is 5.69 Å². The van der Waals surface area contributed by atoms with E-state index in [-0.39, 0.29) is 11.8 Å². The van der Waals surface area contributed by atoms with Crippen molar-refractivity contribution in [1.82, 2.24) is 19.2 Å². The number of aromatic nitrogens is 3. The van der Waals surface area contributed by atoms with Crippen LogP contribution in [0.25, 0.3) is 0 Å². The second kappa shape index (κ2) is 4.80. The molecule has 1 atom stereocenters. The van der Waals surface area contributed by atoms with Gasteiger partial charge in [0.25, 0.3) is 0 Å². The van der Waals surface area contributed by atoms with E-state index in [0.29, 0.717) is 6.54 Å². The lowest BCUT2D eigenvalue weighted by Crippen LogP contribution is -2.45. The Labute approximate surface area is 94.4 Å². The fourth-order valence-corrected chi connectivity index (χ4v) is 1.92. The minimum absolute atomic E-state index is 0.0706. The average Bonchev–Trinajstić information content (AvgIpc) is 2.61. The second-order valence-corrected chi connectivity index (χ2v) is 4.09. The SMILES string of the molecule is CCN1CCOC(Cn2ncn(C)c2=O)C1. The van der Waals surface area contributed by atoms with E-state index in [9.17, 15) is 4.79 Å². The quantitative estimate of drug-likeness (QED) is 0.684. The first kappa shape index (κ1) is 11.3. The maximum atomic E-state index is 11.6. The van der Waals surface area contributed by atoms with E-state index in [1.165, 1.54) is 15.6 Å². The molecule has 1 aromatic rings. The van der Waals surface area contributed by atoms with Crippen LogP contribution in [0.1, 0.15) is 6.92 Å². The van der Waals surface area contributed by atoms with Crippen molar-refractivity contribution in [3.05, 3.63) is 16.8 Å². The molecule has 0 spiro atoms. The van der Waals surface area contributed by atoms with Crippen LogP contribution in [0.15, 0.2) is 11.1 Å². The standard InChI is InChI=1S/C10H18N4O2/c1-3-13-4-5-16-9(6-13)7-14-10(15)12(2)8-11-14/h8-9H,3-7H2,1-2H3. The van der Waals surface area contributed by atoms with Gasteiger partial charge in [-0.2, -0.15) is 5.10 Å². The molecule has 90 valence electrons. The lowest BCUT2D eigenvalue weighted by Gasteiger charge is -2.31. The molecule has 0 aliphatic carbocycles. The summed E-state index contributed by atoms with van der Waals surface area (Å²) in [5.74, 6) is 0. The van der Waals surface area contributed by atoms with Crippen molar-refractivity contribution in [2.24, 2.45) is 7.05 Å². The van der Waals surface area contributed by atoms with Crippen LogP contribution in [-0.2, 0) is 18.3 Å². The molecule has 0 radical (unpaired) electrons. The molecule has 16 heavy (non-hydrogen) atoms. The molecule has 6 nitrogen and oxygen atoms in total. The van der Waals surface area contributed by atoms with Gasteiger partial charge in [0.2, 0.25) is 0 Å². The predicted molar refractivity (Wildman–Crippen MR) is 59.3 cm³/mol. The third kappa shape index (κ3) is 2.33. The molecule has 6 heteroatoms. The second-order valence-electron chi connectivity index (χ2n) is 4.09. The molecule has 2 heterocycles. The first-order valence-electron chi connectivity index (χ1n) is 5.63. The van der Waals surface area contributed by atoms with Crippen molar-refractivity contribution in [3.8, 4) is 0 Å². The van der Waals surface area contributed by atoms with E-state index in [1.807, 2.05) is 0 Å². The fraction of sp³-hybridized carbons (Fsp3) is 0.800. The molecule has 1 aliphatic heterocycles. The summed E-state index contributed by atoms with van der Waals surface area (Å²) in [6.45, 7) is 6.28. The molecule has 1 fully saturated rings. The van der Waals surface area contributed by atoms with Gasteiger partial charge in [-0.05, 0) is 6.54 Å². The molecule has 0 N–H and O–H groups in total. The lowest BCUT2D eigenvalue weighted by atomic mass is 10.2. The van der Waals surface area contributed by atoms with Gasteiger partial charge in [-0.15, -0.1) is 0 Å². The van der Waals surface area contributed by atoms with Crippen LogP contribution in [0.2, 0.25) is 0 Å². The first-order chi connectivity index (χ1) is 7.70. The van der Waals surface area contributed by atoms with Crippen molar-refractivity contribution in [2.45, 2.75) is 19.6 Å². The van der Waals surface area contributed by atoms with Gasteiger partial charge >= 0.3 is 5.69 Å². The van der Waals surface area contributed by atoms with Crippen molar-refractivity contribution < 1.29 is 4.74 Å². The minimum atomic E-state index is -0.0859. The van der Waals surface area contributed by atoms with E-state index in [1.54, 1.807) is 7.05 Å². The smallest absolute Gasteiger partial charge is 0.345 e. The van der Waals surface area contributed by atoms with Crippen molar-refractivity contribution in [2.75, 3.05) is 26.2 Å². The van der Waals surface area contributed by atoms with Gasteiger partial charge in [0.05, 0.1) is 19.3 Å². The van der Waals surface area contributed by atoms with Crippen molar-refractivity contribution in [1.29, 1.82) is 0 Å². The number of ether oxygens (including phenoxy) is 1. The summed E-state index contributed by atoms with van der Waals surface area (Å²) in [7, 11) is 1.70. The van der Waals surface area contributed by atoms with Crippen LogP contribution in [0.3, 0.4) is 0 Å². The van der Waals surface area contributed by atoms with Gasteiger partial charge in [-0.3, -0.25) is 9.47 Å². The molecular weight excluding hydrogens is 208 g/mol. The first-order valence-corrected chi connectivity index (χ1v) is 5.63. The molecule has 0 amide bonds. The summed E-state index contributed by atoms with van der Waals surface area (Å²) in [5, 5.41) is 4.03. The highest BCUT2D eigenvalue weighted by Gasteiger charge is 2.20. The molecule has 1 unspecified atom stereocenters. The van der Waals surface area contributed by atoms with E-state index in [0.717, 1.165) is 26.2 Å². The zero-order valence-corrected chi connectivity index (χ0v) is 9.80. The normalized spacial score (nSPS) is 22.5. The number of rotatable bonds is 3. The van der Waals surface area contributed by atoms with Gasteiger partial charge < -0.3 is 4.74 Å². The Morgan fingerprint density at radius 2 is 2.44 bits per heavy atom. The number of hydrogen-bond donors (Lipinski definition) is 0. The van der Waals surface area contributed by atoms with Crippen LogP contribution in [0.4, 0.5) is 0 Å². The average molecular weight is 226 g/mol. The molecule has 0 aromatic carbocycles. The van der Waals surface area contributed by atoms with E-state index >= 15 is 0 Å². The Hall–Kier alpha value is -1.14. The number of hydrogen-bond acceptors (Lipinski definition) is 4. The van der Waals surface area contributed by atoms with E-state index < -0.39 is 0 Å². The summed E-state index contributed by atoms with van der Waals surface area (Å²) < 4.78 is 8.56. The molecule has 2 rings (SSSR count). The van der Waals surface area contributed by atoms with Gasteiger partial charge in [-0.25, -0.2) is 9.48 Å². The van der Waals surface area contributed by atoms with E-state index in [4.69, 9.17) is 4.74 Å². The molecule has 1 aromatic heterocycles. The minimum Gasteiger partial charge on any atom is -0.374 e. The number of morpholine rings is 1. The van der Waals surface area contributed by atoms with Crippen molar-refractivity contribution >= 4 is 0 Å². The molecule has 1 saturated heterocycles. The third-order valence-corrected chi connectivity index (χ3v) is 2.93. The van der Waals surface area contributed by atoms with Gasteiger partial charge in [0.15, 0.2) is 0 Å². The van der Waals surface area contributed by atoms with Crippen LogP contribution >= 0.6 is 0 Å². The van der Waals surface area contributed by atoms with Crippen molar-refractivity contribution in [3.63, 3.8) is 0 Å². The maximum Gasteiger partial charge on any atom is 0.345 e. The number of aryl methyl sites for hydroxylation is 1. The Balaban J connectivity index is 1.99. The lowest BCUT2D eigenvalue weighted by molar-refractivity contribution is -0.0363. The molecular formula is C10H18N4O2. The summed E-state index contributed by atoms with van der Waals surface area (Å²) in [6, 6.07) is 0. The number of nitrogens with zero attached hydrogens (tertiary/aromatic N) is 4. The topological polar surface area (TPSA) is 52.3 Å². The van der Waals surface area contributed by atoms with Gasteiger partial charge in [0, 0.05) is 20.1 Å². The Morgan fingerprint density at radius 1 is 1.62 bits per heavy atom. The molecule has 0 saturated carbocycles. The third-order valence-electron chi connectivity index (χ3n) is 2.93. The summed E-state index contributed by atoms with van der Waals surface area (Å²) in [6.07, 6.45) is 1.60. The van der Waals surface area contributed by atoms with E-state index in [2.05, 4.69) is 16.9 Å². The summed E-state index contributed by atoms with van der Waals surface area (Å²) >= 11 is 0. The zero-order chi connectivity index (χ0) is 11.5. The highest BCUT2D eigenvalue weighted by atomic mass is 16.5. The largest absolute Gasteiger partial charge is 0.374 e.